The Balaban J connectivity index is 2.02. The molecule has 2 N–H and O–H groups in total. The number of hydrogen-bond donors (Lipinski definition) is 2. The summed E-state index contributed by atoms with van der Waals surface area (Å²) in [5.41, 5.74) is 3.50. The zero-order valence-corrected chi connectivity index (χ0v) is 17.6. The van der Waals surface area contributed by atoms with Gasteiger partial charge in [0, 0.05) is 5.56 Å². The number of nitrogens with one attached hydrogen (secondary N) is 1. The maximum atomic E-state index is 12.2. The molecule has 0 bridgehead atoms. The minimum atomic E-state index is -1.10. The first-order valence-corrected chi connectivity index (χ1v) is 9.52. The van der Waals surface area contributed by atoms with Crippen LogP contribution in [0.1, 0.15) is 29.3 Å². The van der Waals surface area contributed by atoms with E-state index in [0.717, 1.165) is 6.42 Å². The highest BCUT2D eigenvalue weighted by molar-refractivity contribution is 9.10. The second kappa shape index (κ2) is 11.1. The summed E-state index contributed by atoms with van der Waals surface area (Å²) in [6.45, 7) is 2.14. The van der Waals surface area contributed by atoms with Gasteiger partial charge in [0.25, 0.3) is 5.91 Å². The molecule has 0 aliphatic heterocycles. The molecule has 0 saturated heterocycles. The zero-order valence-electron chi connectivity index (χ0n) is 16.0. The lowest BCUT2D eigenvalue weighted by atomic mass is 10.2. The van der Waals surface area contributed by atoms with Crippen molar-refractivity contribution in [1.82, 2.24) is 5.43 Å². The van der Waals surface area contributed by atoms with E-state index in [9.17, 15) is 9.59 Å². The van der Waals surface area contributed by atoms with Gasteiger partial charge < -0.3 is 19.3 Å². The minimum absolute atomic E-state index is 0.265. The van der Waals surface area contributed by atoms with Gasteiger partial charge in [0.2, 0.25) is 0 Å². The van der Waals surface area contributed by atoms with E-state index in [2.05, 4.69) is 26.5 Å². The molecular formula is C20H21BrN2O6. The third kappa shape index (κ3) is 6.79. The average molecular weight is 465 g/mol. The predicted octanol–water partition coefficient (Wildman–Crippen LogP) is 3.47. The number of benzene rings is 2. The normalized spacial score (nSPS) is 10.6. The van der Waals surface area contributed by atoms with Crippen LogP contribution in [0.2, 0.25) is 0 Å². The second-order valence-electron chi connectivity index (χ2n) is 5.79. The minimum Gasteiger partial charge on any atom is -0.494 e. The summed E-state index contributed by atoms with van der Waals surface area (Å²) in [4.78, 5) is 22.9. The molecule has 0 fully saturated rings. The van der Waals surface area contributed by atoms with Crippen molar-refractivity contribution < 1.29 is 28.9 Å². The van der Waals surface area contributed by atoms with E-state index in [1.807, 2.05) is 6.92 Å². The maximum Gasteiger partial charge on any atom is 0.341 e. The number of halogens is 1. The molecule has 0 heterocycles. The van der Waals surface area contributed by atoms with Crippen LogP contribution in [0.15, 0.2) is 46.0 Å². The number of carboxylic acid groups (broad SMARTS) is 1. The first-order chi connectivity index (χ1) is 13.9. The van der Waals surface area contributed by atoms with Crippen molar-refractivity contribution in [1.29, 1.82) is 0 Å². The van der Waals surface area contributed by atoms with Crippen LogP contribution in [0.4, 0.5) is 0 Å². The van der Waals surface area contributed by atoms with Crippen molar-refractivity contribution in [3.05, 3.63) is 52.0 Å². The molecule has 0 radical (unpaired) electrons. The van der Waals surface area contributed by atoms with Gasteiger partial charge in [-0.05, 0) is 64.3 Å². The smallest absolute Gasteiger partial charge is 0.341 e. The number of nitrogens with zero attached hydrogens (tertiary/aromatic N) is 1. The fourth-order valence-corrected chi connectivity index (χ4v) is 2.81. The van der Waals surface area contributed by atoms with E-state index < -0.39 is 12.6 Å². The van der Waals surface area contributed by atoms with Crippen molar-refractivity contribution in [3.63, 3.8) is 0 Å². The number of carboxylic acids is 1. The van der Waals surface area contributed by atoms with Gasteiger partial charge in [0.05, 0.1) is 24.4 Å². The SMILES string of the molecule is CCCOc1ccc(C(=O)N/N=C\c2cc(Br)c(OCC(=O)O)c(OC)c2)cc1. The standard InChI is InChI=1S/C20H21BrN2O6/c1-3-8-28-15-6-4-14(5-7-15)20(26)23-22-11-13-9-16(21)19(17(10-13)27-2)29-12-18(24)25/h4-7,9-11H,3,8,12H2,1-2H3,(H,23,26)(H,24,25)/b22-11-. The van der Waals surface area contributed by atoms with E-state index in [-0.39, 0.29) is 11.7 Å². The summed E-state index contributed by atoms with van der Waals surface area (Å²) < 4.78 is 16.4. The number of amides is 1. The first kappa shape index (κ1) is 22.2. The Labute approximate surface area is 176 Å². The molecule has 0 aromatic heterocycles. The molecule has 0 atom stereocenters. The third-order valence-corrected chi connectivity index (χ3v) is 4.15. The van der Waals surface area contributed by atoms with Crippen molar-refractivity contribution in [2.45, 2.75) is 13.3 Å². The van der Waals surface area contributed by atoms with E-state index in [1.165, 1.54) is 13.3 Å². The van der Waals surface area contributed by atoms with Crippen molar-refractivity contribution in [2.24, 2.45) is 5.10 Å². The monoisotopic (exact) mass is 464 g/mol. The van der Waals surface area contributed by atoms with E-state index in [1.54, 1.807) is 36.4 Å². The summed E-state index contributed by atoms with van der Waals surface area (Å²) in [6.07, 6.45) is 2.34. The molecule has 0 unspecified atom stereocenters. The number of aliphatic carboxylic acids is 1. The molecule has 8 nitrogen and oxygen atoms in total. The summed E-state index contributed by atoms with van der Waals surface area (Å²) in [7, 11) is 1.44. The Kier molecular flexibility index (Phi) is 8.47. The lowest BCUT2D eigenvalue weighted by Crippen LogP contribution is -2.17. The molecule has 2 aromatic rings. The lowest BCUT2D eigenvalue weighted by molar-refractivity contribution is -0.139. The molecule has 1 amide bonds. The van der Waals surface area contributed by atoms with Crippen molar-refractivity contribution in [2.75, 3.05) is 20.3 Å². The average Bonchev–Trinajstić information content (AvgIpc) is 2.71. The Morgan fingerprint density at radius 2 is 1.93 bits per heavy atom. The molecule has 0 aliphatic rings. The fourth-order valence-electron chi connectivity index (χ4n) is 2.24. The van der Waals surface area contributed by atoms with E-state index in [4.69, 9.17) is 19.3 Å². The Bertz CT molecular complexity index is 883. The number of ether oxygens (including phenoxy) is 3. The van der Waals surface area contributed by atoms with Crippen LogP contribution in [0, 0.1) is 0 Å². The third-order valence-electron chi connectivity index (χ3n) is 3.56. The molecule has 2 rings (SSSR count). The van der Waals surface area contributed by atoms with E-state index in [0.29, 0.717) is 33.7 Å². The number of carbonyl (C=O) groups excluding carboxylic acids is 1. The van der Waals surface area contributed by atoms with Crippen molar-refractivity contribution in [3.8, 4) is 17.2 Å². The van der Waals surface area contributed by atoms with Gasteiger partial charge in [-0.3, -0.25) is 4.79 Å². The topological polar surface area (TPSA) is 106 Å². The fraction of sp³-hybridized carbons (Fsp3) is 0.250. The summed E-state index contributed by atoms with van der Waals surface area (Å²) in [5.74, 6) is -0.167. The molecule has 9 heteroatoms. The lowest BCUT2D eigenvalue weighted by Gasteiger charge is -2.12. The van der Waals surface area contributed by atoms with Gasteiger partial charge in [-0.15, -0.1) is 0 Å². The van der Waals surface area contributed by atoms with Gasteiger partial charge in [0.15, 0.2) is 18.1 Å². The van der Waals surface area contributed by atoms with Crippen LogP contribution in [-0.2, 0) is 4.79 Å². The van der Waals surface area contributed by atoms with Crippen LogP contribution >= 0.6 is 15.9 Å². The van der Waals surface area contributed by atoms with Gasteiger partial charge in [-0.1, -0.05) is 6.92 Å². The quantitative estimate of drug-likeness (QED) is 0.411. The van der Waals surface area contributed by atoms with Gasteiger partial charge in [-0.25, -0.2) is 10.2 Å². The summed E-state index contributed by atoms with van der Waals surface area (Å²) in [6, 6.07) is 10.0. The van der Waals surface area contributed by atoms with Crippen LogP contribution in [0.3, 0.4) is 0 Å². The molecule has 2 aromatic carbocycles. The van der Waals surface area contributed by atoms with Crippen LogP contribution in [-0.4, -0.2) is 43.5 Å². The second-order valence-corrected chi connectivity index (χ2v) is 6.64. The largest absolute Gasteiger partial charge is 0.494 e. The highest BCUT2D eigenvalue weighted by atomic mass is 79.9. The molecule has 0 spiro atoms. The van der Waals surface area contributed by atoms with Crippen LogP contribution < -0.4 is 19.6 Å². The molecule has 0 aliphatic carbocycles. The number of methoxy groups -OCH3 is 1. The molecule has 29 heavy (non-hydrogen) atoms. The van der Waals surface area contributed by atoms with Gasteiger partial charge in [0.1, 0.15) is 5.75 Å². The number of hydrazone groups is 1. The highest BCUT2D eigenvalue weighted by Gasteiger charge is 2.13. The zero-order chi connectivity index (χ0) is 21.2. The molecular weight excluding hydrogens is 444 g/mol. The van der Waals surface area contributed by atoms with Crippen molar-refractivity contribution >= 4 is 34.0 Å². The van der Waals surface area contributed by atoms with Gasteiger partial charge in [-0.2, -0.15) is 5.10 Å². The number of hydrogen-bond acceptors (Lipinski definition) is 6. The number of carbonyl (C=O) groups is 2. The van der Waals surface area contributed by atoms with Crippen LogP contribution in [0.5, 0.6) is 17.2 Å². The van der Waals surface area contributed by atoms with Gasteiger partial charge >= 0.3 is 5.97 Å². The van der Waals surface area contributed by atoms with E-state index >= 15 is 0 Å². The van der Waals surface area contributed by atoms with Crippen LogP contribution in [0.25, 0.3) is 0 Å². The molecule has 0 saturated carbocycles. The summed E-state index contributed by atoms with van der Waals surface area (Å²) >= 11 is 3.31. The maximum absolute atomic E-state index is 12.2. The summed E-state index contributed by atoms with van der Waals surface area (Å²) in [5, 5.41) is 12.7. The number of rotatable bonds is 10. The first-order valence-electron chi connectivity index (χ1n) is 8.73. The Morgan fingerprint density at radius 3 is 2.55 bits per heavy atom. The Morgan fingerprint density at radius 1 is 1.21 bits per heavy atom. The predicted molar refractivity (Wildman–Crippen MR) is 111 cm³/mol. The molecule has 154 valence electrons. The highest BCUT2D eigenvalue weighted by Crippen LogP contribution is 2.36. The Hall–Kier alpha value is -3.07.